The van der Waals surface area contributed by atoms with Gasteiger partial charge in [0.05, 0.1) is 10.9 Å². The second kappa shape index (κ2) is 8.55. The highest BCUT2D eigenvalue weighted by Crippen LogP contribution is 2.29. The summed E-state index contributed by atoms with van der Waals surface area (Å²) in [6.45, 7) is 5.45. The molecule has 6 nitrogen and oxygen atoms in total. The molecule has 3 rings (SSSR count). The maximum atomic E-state index is 12.6. The average Bonchev–Trinajstić information content (AvgIpc) is 2.65. The molecular weight excluding hydrogens is 342 g/mol. The third kappa shape index (κ3) is 4.67. The van der Waals surface area contributed by atoms with Gasteiger partial charge in [0.25, 0.3) is 5.56 Å². The van der Waals surface area contributed by atoms with Gasteiger partial charge in [0.2, 0.25) is 5.91 Å². The molecule has 1 saturated carbocycles. The molecule has 1 aromatic heterocycles. The third-order valence-electron chi connectivity index (χ3n) is 5.57. The maximum absolute atomic E-state index is 12.6. The summed E-state index contributed by atoms with van der Waals surface area (Å²) in [5, 5.41) is 3.57. The van der Waals surface area contributed by atoms with E-state index in [-0.39, 0.29) is 29.0 Å². The Balaban J connectivity index is 1.60. The minimum Gasteiger partial charge on any atom is -0.356 e. The molecule has 1 fully saturated rings. The molecule has 1 heterocycles. The van der Waals surface area contributed by atoms with Crippen molar-refractivity contribution in [3.8, 4) is 0 Å². The molecule has 1 amide bonds. The van der Waals surface area contributed by atoms with Crippen LogP contribution in [0.5, 0.6) is 0 Å². The zero-order valence-corrected chi connectivity index (χ0v) is 16.2. The van der Waals surface area contributed by atoms with Crippen LogP contribution in [0, 0.1) is 17.8 Å². The molecule has 0 saturated heterocycles. The largest absolute Gasteiger partial charge is 0.356 e. The van der Waals surface area contributed by atoms with E-state index in [1.165, 1.54) is 4.57 Å². The first kappa shape index (κ1) is 19.4. The van der Waals surface area contributed by atoms with Crippen LogP contribution < -0.4 is 16.6 Å². The van der Waals surface area contributed by atoms with E-state index in [0.29, 0.717) is 23.4 Å². The Labute approximate surface area is 159 Å². The molecule has 27 heavy (non-hydrogen) atoms. The number of carbonyl (C=O) groups excluding carboxylic acids is 1. The fraction of sp³-hybridized carbons (Fsp3) is 0.571. The standard InChI is InChI=1S/C21H29N3O3/c1-14(2)11-12-22-19(25)16-9-7-15(8-10-16)13-24-20(26)17-5-3-4-6-18(17)23-21(24)27/h3-6,14-16H,7-13H2,1-2H3,(H,22,25)(H,23,27). The highest BCUT2D eigenvalue weighted by molar-refractivity contribution is 5.78. The average molecular weight is 371 g/mol. The second-order valence-electron chi connectivity index (χ2n) is 8.08. The number of amides is 1. The normalized spacial score (nSPS) is 20.1. The fourth-order valence-corrected chi connectivity index (χ4v) is 3.86. The molecule has 146 valence electrons. The number of aromatic nitrogens is 2. The van der Waals surface area contributed by atoms with E-state index in [4.69, 9.17) is 0 Å². The van der Waals surface area contributed by atoms with Crippen molar-refractivity contribution < 1.29 is 4.79 Å². The van der Waals surface area contributed by atoms with Gasteiger partial charge in [-0.05, 0) is 56.1 Å². The number of rotatable bonds is 6. The molecule has 6 heteroatoms. The number of benzene rings is 1. The Morgan fingerprint density at radius 2 is 1.89 bits per heavy atom. The smallest absolute Gasteiger partial charge is 0.328 e. The van der Waals surface area contributed by atoms with E-state index >= 15 is 0 Å². The lowest BCUT2D eigenvalue weighted by molar-refractivity contribution is -0.126. The van der Waals surface area contributed by atoms with Gasteiger partial charge in [-0.1, -0.05) is 26.0 Å². The number of nitrogens with one attached hydrogen (secondary N) is 2. The van der Waals surface area contributed by atoms with Crippen molar-refractivity contribution in [1.29, 1.82) is 0 Å². The van der Waals surface area contributed by atoms with Gasteiger partial charge in [-0.2, -0.15) is 0 Å². The van der Waals surface area contributed by atoms with Gasteiger partial charge in [-0.25, -0.2) is 4.79 Å². The van der Waals surface area contributed by atoms with E-state index in [2.05, 4.69) is 24.1 Å². The third-order valence-corrected chi connectivity index (χ3v) is 5.57. The Morgan fingerprint density at radius 1 is 1.19 bits per heavy atom. The van der Waals surface area contributed by atoms with Gasteiger partial charge in [0, 0.05) is 19.0 Å². The molecule has 0 bridgehead atoms. The molecular formula is C21H29N3O3. The molecule has 1 aliphatic carbocycles. The number of H-pyrrole nitrogens is 1. The summed E-state index contributed by atoms with van der Waals surface area (Å²) in [5.74, 6) is 1.04. The first-order chi connectivity index (χ1) is 13.0. The van der Waals surface area contributed by atoms with Gasteiger partial charge in [0.1, 0.15) is 0 Å². The molecule has 2 aromatic rings. The number of hydrogen-bond acceptors (Lipinski definition) is 3. The minimum atomic E-state index is -0.354. The van der Waals surface area contributed by atoms with Crippen molar-refractivity contribution in [2.24, 2.45) is 17.8 Å². The van der Waals surface area contributed by atoms with Crippen LogP contribution in [0.15, 0.2) is 33.9 Å². The molecule has 1 aromatic carbocycles. The summed E-state index contributed by atoms with van der Waals surface area (Å²) in [4.78, 5) is 40.0. The number of nitrogens with zero attached hydrogens (tertiary/aromatic N) is 1. The first-order valence-corrected chi connectivity index (χ1v) is 9.95. The lowest BCUT2D eigenvalue weighted by Crippen LogP contribution is -2.39. The van der Waals surface area contributed by atoms with E-state index in [1.54, 1.807) is 24.3 Å². The summed E-state index contributed by atoms with van der Waals surface area (Å²) < 4.78 is 1.32. The molecule has 0 atom stereocenters. The van der Waals surface area contributed by atoms with Crippen molar-refractivity contribution in [3.05, 3.63) is 45.1 Å². The number of aromatic amines is 1. The Bertz CT molecular complexity index is 905. The van der Waals surface area contributed by atoms with Gasteiger partial charge in [0.15, 0.2) is 0 Å². The van der Waals surface area contributed by atoms with Crippen LogP contribution in [-0.4, -0.2) is 22.0 Å². The fourth-order valence-electron chi connectivity index (χ4n) is 3.86. The van der Waals surface area contributed by atoms with Gasteiger partial charge in [-0.3, -0.25) is 14.2 Å². The number of hydrogen-bond donors (Lipinski definition) is 2. The Kier molecular flexibility index (Phi) is 6.14. The van der Waals surface area contributed by atoms with Crippen molar-refractivity contribution >= 4 is 16.8 Å². The van der Waals surface area contributed by atoms with Gasteiger partial charge >= 0.3 is 5.69 Å². The summed E-state index contributed by atoms with van der Waals surface area (Å²) in [6.07, 6.45) is 4.35. The highest BCUT2D eigenvalue weighted by Gasteiger charge is 2.27. The Morgan fingerprint density at radius 3 is 2.59 bits per heavy atom. The lowest BCUT2D eigenvalue weighted by atomic mass is 9.81. The number of fused-ring (bicyclic) bond motifs is 1. The predicted molar refractivity (Wildman–Crippen MR) is 107 cm³/mol. The Hall–Kier alpha value is -2.37. The number of para-hydroxylation sites is 1. The summed E-state index contributed by atoms with van der Waals surface area (Å²) >= 11 is 0. The first-order valence-electron chi connectivity index (χ1n) is 9.95. The van der Waals surface area contributed by atoms with Crippen LogP contribution in [0.4, 0.5) is 0 Å². The van der Waals surface area contributed by atoms with Crippen molar-refractivity contribution in [2.45, 2.75) is 52.5 Å². The molecule has 0 spiro atoms. The summed E-state index contributed by atoms with van der Waals surface area (Å²) in [6, 6.07) is 7.08. The summed E-state index contributed by atoms with van der Waals surface area (Å²) in [5.41, 5.74) is -0.0133. The highest BCUT2D eigenvalue weighted by atomic mass is 16.2. The zero-order chi connectivity index (χ0) is 19.4. The molecule has 1 aliphatic rings. The van der Waals surface area contributed by atoms with Crippen LogP contribution in [0.25, 0.3) is 10.9 Å². The van der Waals surface area contributed by atoms with Crippen LogP contribution >= 0.6 is 0 Å². The van der Waals surface area contributed by atoms with Crippen LogP contribution in [0.1, 0.15) is 46.0 Å². The van der Waals surface area contributed by atoms with Gasteiger partial charge in [-0.15, -0.1) is 0 Å². The van der Waals surface area contributed by atoms with Gasteiger partial charge < -0.3 is 10.3 Å². The molecule has 0 unspecified atom stereocenters. The minimum absolute atomic E-state index is 0.0556. The molecule has 0 aliphatic heterocycles. The zero-order valence-electron chi connectivity index (χ0n) is 16.2. The van der Waals surface area contributed by atoms with Crippen molar-refractivity contribution in [2.75, 3.05) is 6.54 Å². The van der Waals surface area contributed by atoms with Crippen LogP contribution in [-0.2, 0) is 11.3 Å². The van der Waals surface area contributed by atoms with E-state index < -0.39 is 0 Å². The number of carbonyl (C=O) groups is 1. The second-order valence-corrected chi connectivity index (χ2v) is 8.08. The van der Waals surface area contributed by atoms with Crippen molar-refractivity contribution in [3.63, 3.8) is 0 Å². The topological polar surface area (TPSA) is 84.0 Å². The van der Waals surface area contributed by atoms with E-state index in [1.807, 2.05) is 0 Å². The predicted octanol–water partition coefficient (Wildman–Crippen LogP) is 2.66. The molecule has 0 radical (unpaired) electrons. The lowest BCUT2D eigenvalue weighted by Gasteiger charge is -2.28. The summed E-state index contributed by atoms with van der Waals surface area (Å²) in [7, 11) is 0. The molecule has 2 N–H and O–H groups in total. The van der Waals surface area contributed by atoms with E-state index in [0.717, 1.165) is 38.6 Å². The van der Waals surface area contributed by atoms with Crippen molar-refractivity contribution in [1.82, 2.24) is 14.9 Å². The SMILES string of the molecule is CC(C)CCNC(=O)C1CCC(Cn2c(=O)[nH]c3ccccc3c2=O)CC1. The monoisotopic (exact) mass is 371 g/mol. The van der Waals surface area contributed by atoms with E-state index in [9.17, 15) is 14.4 Å². The maximum Gasteiger partial charge on any atom is 0.328 e. The van der Waals surface area contributed by atoms with Crippen LogP contribution in [0.3, 0.4) is 0 Å². The van der Waals surface area contributed by atoms with Crippen LogP contribution in [0.2, 0.25) is 0 Å². The quantitative estimate of drug-likeness (QED) is 0.819.